The molecule has 1 aromatic heterocycles. The summed E-state index contributed by atoms with van der Waals surface area (Å²) in [5.74, 6) is 0.485. The first-order valence-electron chi connectivity index (χ1n) is 6.23. The second-order valence-electron chi connectivity index (χ2n) is 5.00. The molecule has 0 aliphatic carbocycles. The summed E-state index contributed by atoms with van der Waals surface area (Å²) in [5.41, 5.74) is 7.51. The molecule has 18 heavy (non-hydrogen) atoms. The van der Waals surface area contributed by atoms with E-state index < -0.39 is 0 Å². The quantitative estimate of drug-likeness (QED) is 0.646. The number of halogens is 1. The van der Waals surface area contributed by atoms with Gasteiger partial charge in [0.05, 0.1) is 22.2 Å². The molecule has 0 amide bonds. The average molecular weight is 270 g/mol. The minimum absolute atomic E-state index is 0.187. The molecule has 1 aromatic rings. The van der Waals surface area contributed by atoms with Gasteiger partial charge in [-0.15, -0.1) is 0 Å². The molecule has 3 N–H and O–H groups in total. The second-order valence-corrected chi connectivity index (χ2v) is 5.38. The van der Waals surface area contributed by atoms with E-state index in [0.29, 0.717) is 5.84 Å². The highest BCUT2D eigenvalue weighted by Gasteiger charge is 2.23. The first kappa shape index (κ1) is 13.4. The van der Waals surface area contributed by atoms with E-state index in [9.17, 15) is 0 Å². The zero-order valence-electron chi connectivity index (χ0n) is 10.9. The van der Waals surface area contributed by atoms with Gasteiger partial charge in [-0.05, 0) is 26.3 Å². The number of hydrogen-bond acceptors (Lipinski definition) is 3. The first-order valence-corrected chi connectivity index (χ1v) is 6.61. The first-order chi connectivity index (χ1) is 8.49. The number of piperidine rings is 1. The van der Waals surface area contributed by atoms with Gasteiger partial charge in [-0.25, -0.2) is 0 Å². The monoisotopic (exact) mass is 269 g/mol. The molecule has 0 radical (unpaired) electrons. The van der Waals surface area contributed by atoms with Crippen LogP contribution in [0.2, 0.25) is 5.02 Å². The maximum absolute atomic E-state index is 7.55. The molecule has 0 aromatic carbocycles. The van der Waals surface area contributed by atoms with Gasteiger partial charge in [0.25, 0.3) is 0 Å². The van der Waals surface area contributed by atoms with Gasteiger partial charge in [-0.1, -0.05) is 11.6 Å². The Morgan fingerprint density at radius 2 is 2.33 bits per heavy atom. The third-order valence-electron chi connectivity index (χ3n) is 3.58. The zero-order valence-corrected chi connectivity index (χ0v) is 11.7. The molecule has 2 rings (SSSR count). The Labute approximate surface area is 112 Å². The van der Waals surface area contributed by atoms with Crippen LogP contribution in [0.1, 0.15) is 24.2 Å². The van der Waals surface area contributed by atoms with E-state index in [2.05, 4.69) is 10.00 Å². The molecule has 1 fully saturated rings. The van der Waals surface area contributed by atoms with Crippen molar-refractivity contribution in [2.75, 3.05) is 13.1 Å². The summed E-state index contributed by atoms with van der Waals surface area (Å²) in [4.78, 5) is 2.30. The van der Waals surface area contributed by atoms with Crippen molar-refractivity contribution in [3.63, 3.8) is 0 Å². The van der Waals surface area contributed by atoms with Gasteiger partial charge in [-0.2, -0.15) is 5.10 Å². The molecule has 1 atom stereocenters. The lowest BCUT2D eigenvalue weighted by Gasteiger charge is -2.32. The van der Waals surface area contributed by atoms with Crippen LogP contribution in [-0.2, 0) is 13.6 Å². The molecular formula is C12H20ClN5. The van der Waals surface area contributed by atoms with Crippen LogP contribution in [0.15, 0.2) is 0 Å². The van der Waals surface area contributed by atoms with Crippen molar-refractivity contribution in [1.82, 2.24) is 14.7 Å². The number of nitrogens with two attached hydrogens (primary N) is 1. The summed E-state index contributed by atoms with van der Waals surface area (Å²) in [6.07, 6.45) is 2.10. The molecule has 1 aliphatic heterocycles. The molecule has 0 bridgehead atoms. The van der Waals surface area contributed by atoms with Crippen molar-refractivity contribution in [2.45, 2.75) is 26.3 Å². The second kappa shape index (κ2) is 5.28. The zero-order chi connectivity index (χ0) is 13.3. The number of rotatable bonds is 3. The van der Waals surface area contributed by atoms with Crippen molar-refractivity contribution >= 4 is 17.4 Å². The Morgan fingerprint density at radius 3 is 2.89 bits per heavy atom. The van der Waals surface area contributed by atoms with Crippen LogP contribution >= 0.6 is 11.6 Å². The Morgan fingerprint density at radius 1 is 1.61 bits per heavy atom. The summed E-state index contributed by atoms with van der Waals surface area (Å²) in [5, 5.41) is 12.6. The Hall–Kier alpha value is -1.07. The van der Waals surface area contributed by atoms with Crippen LogP contribution in [0.3, 0.4) is 0 Å². The average Bonchev–Trinajstić information content (AvgIpc) is 2.56. The summed E-state index contributed by atoms with van der Waals surface area (Å²) >= 11 is 6.26. The number of hydrogen-bond donors (Lipinski definition) is 2. The van der Waals surface area contributed by atoms with E-state index >= 15 is 0 Å². The number of aryl methyl sites for hydroxylation is 2. The summed E-state index contributed by atoms with van der Waals surface area (Å²) in [7, 11) is 1.92. The Balaban J connectivity index is 2.07. The van der Waals surface area contributed by atoms with Gasteiger partial charge in [0.2, 0.25) is 0 Å². The number of nitrogens with zero attached hydrogens (tertiary/aromatic N) is 3. The summed E-state index contributed by atoms with van der Waals surface area (Å²) in [6, 6.07) is 0. The molecule has 100 valence electrons. The lowest BCUT2D eigenvalue weighted by atomic mass is 9.97. The third-order valence-corrected chi connectivity index (χ3v) is 4.07. The SMILES string of the molecule is Cc1nn(C)c(CN2CCCC(C(=N)N)C2)c1Cl. The molecule has 6 heteroatoms. The van der Waals surface area contributed by atoms with Gasteiger partial charge < -0.3 is 5.73 Å². The smallest absolute Gasteiger partial charge is 0.0949 e. The lowest BCUT2D eigenvalue weighted by Crippen LogP contribution is -2.40. The third kappa shape index (κ3) is 2.67. The number of aromatic nitrogens is 2. The largest absolute Gasteiger partial charge is 0.387 e. The number of nitrogens with one attached hydrogen (secondary N) is 1. The van der Waals surface area contributed by atoms with E-state index in [1.807, 2.05) is 18.7 Å². The highest BCUT2D eigenvalue weighted by molar-refractivity contribution is 6.31. The molecule has 0 spiro atoms. The number of amidine groups is 1. The van der Waals surface area contributed by atoms with Gasteiger partial charge >= 0.3 is 0 Å². The number of likely N-dealkylation sites (tertiary alicyclic amines) is 1. The fraction of sp³-hybridized carbons (Fsp3) is 0.667. The van der Waals surface area contributed by atoms with Crippen molar-refractivity contribution in [3.8, 4) is 0 Å². The van der Waals surface area contributed by atoms with Crippen LogP contribution in [0, 0.1) is 18.3 Å². The standard InChI is InChI=1S/C12H20ClN5/c1-8-11(13)10(17(2)16-8)7-18-5-3-4-9(6-18)12(14)15/h9H,3-7H2,1-2H3,(H3,14,15). The highest BCUT2D eigenvalue weighted by Crippen LogP contribution is 2.23. The van der Waals surface area contributed by atoms with Gasteiger partial charge in [0.1, 0.15) is 0 Å². The Kier molecular flexibility index (Phi) is 3.92. The topological polar surface area (TPSA) is 70.9 Å². The van der Waals surface area contributed by atoms with E-state index in [0.717, 1.165) is 48.9 Å². The van der Waals surface area contributed by atoms with E-state index in [4.69, 9.17) is 22.7 Å². The normalized spacial score (nSPS) is 21.2. The Bertz CT molecular complexity index is 454. The summed E-state index contributed by atoms with van der Waals surface area (Å²) in [6.45, 7) is 4.57. The molecule has 5 nitrogen and oxygen atoms in total. The highest BCUT2D eigenvalue weighted by atomic mass is 35.5. The maximum Gasteiger partial charge on any atom is 0.0949 e. The van der Waals surface area contributed by atoms with Gasteiger partial charge in [0, 0.05) is 26.1 Å². The van der Waals surface area contributed by atoms with E-state index in [1.165, 1.54) is 0 Å². The van der Waals surface area contributed by atoms with Gasteiger partial charge in [-0.3, -0.25) is 15.0 Å². The van der Waals surface area contributed by atoms with Crippen LogP contribution in [-0.4, -0.2) is 33.6 Å². The van der Waals surface area contributed by atoms with E-state index in [-0.39, 0.29) is 5.92 Å². The minimum atomic E-state index is 0.187. The molecule has 1 saturated heterocycles. The fourth-order valence-electron chi connectivity index (χ4n) is 2.52. The van der Waals surface area contributed by atoms with Crippen LogP contribution < -0.4 is 5.73 Å². The molecule has 1 aliphatic rings. The fourth-order valence-corrected chi connectivity index (χ4v) is 2.74. The van der Waals surface area contributed by atoms with Crippen LogP contribution in [0.5, 0.6) is 0 Å². The lowest BCUT2D eigenvalue weighted by molar-refractivity contribution is 0.191. The van der Waals surface area contributed by atoms with Gasteiger partial charge in [0.15, 0.2) is 0 Å². The molecular weight excluding hydrogens is 250 g/mol. The summed E-state index contributed by atoms with van der Waals surface area (Å²) < 4.78 is 1.84. The molecule has 2 heterocycles. The van der Waals surface area contributed by atoms with Crippen molar-refractivity contribution in [3.05, 3.63) is 16.4 Å². The van der Waals surface area contributed by atoms with Crippen molar-refractivity contribution in [1.29, 1.82) is 5.41 Å². The van der Waals surface area contributed by atoms with E-state index in [1.54, 1.807) is 0 Å². The molecule has 1 unspecified atom stereocenters. The van der Waals surface area contributed by atoms with Crippen molar-refractivity contribution in [2.24, 2.45) is 18.7 Å². The van der Waals surface area contributed by atoms with Crippen molar-refractivity contribution < 1.29 is 0 Å². The van der Waals surface area contributed by atoms with Crippen LogP contribution in [0.4, 0.5) is 0 Å². The maximum atomic E-state index is 7.55. The molecule has 0 saturated carbocycles. The minimum Gasteiger partial charge on any atom is -0.387 e. The predicted octanol–water partition coefficient (Wildman–Crippen LogP) is 1.53. The predicted molar refractivity (Wildman–Crippen MR) is 72.9 cm³/mol. The van der Waals surface area contributed by atoms with Crippen LogP contribution in [0.25, 0.3) is 0 Å².